The number of hydrogen-bond acceptors (Lipinski definition) is 5. The van der Waals surface area contributed by atoms with E-state index in [1.165, 1.54) is 0 Å². The molecule has 21 heavy (non-hydrogen) atoms. The van der Waals surface area contributed by atoms with Crippen LogP contribution in [0.1, 0.15) is 25.7 Å². The molecule has 1 aliphatic carbocycles. The van der Waals surface area contributed by atoms with Gasteiger partial charge in [0.15, 0.2) is 0 Å². The third-order valence-corrected chi connectivity index (χ3v) is 9.03. The quantitative estimate of drug-likeness (QED) is 0.588. The van der Waals surface area contributed by atoms with Gasteiger partial charge in [-0.3, -0.25) is 0 Å². The molecule has 1 saturated carbocycles. The van der Waals surface area contributed by atoms with E-state index in [-0.39, 0.29) is 10.7 Å². The van der Waals surface area contributed by atoms with Crippen molar-refractivity contribution in [2.45, 2.75) is 35.6 Å². The molecule has 1 aromatic carbocycles. The summed E-state index contributed by atoms with van der Waals surface area (Å²) in [5, 5.41) is 4.91. The molecule has 2 N–H and O–H groups in total. The van der Waals surface area contributed by atoms with Gasteiger partial charge in [-0.15, -0.1) is 0 Å². The van der Waals surface area contributed by atoms with Crippen LogP contribution < -0.4 is 5.14 Å². The predicted octanol–water partition coefficient (Wildman–Crippen LogP) is 2.14. The fourth-order valence-electron chi connectivity index (χ4n) is 2.57. The van der Waals surface area contributed by atoms with E-state index in [9.17, 15) is 8.42 Å². The van der Waals surface area contributed by atoms with E-state index in [0.29, 0.717) is 0 Å². The van der Waals surface area contributed by atoms with E-state index >= 15 is 0 Å². The van der Waals surface area contributed by atoms with E-state index < -0.39 is 36.3 Å². The van der Waals surface area contributed by atoms with Crippen LogP contribution in [-0.4, -0.2) is 24.9 Å². The minimum atomic E-state index is -3.96. The van der Waals surface area contributed by atoms with Crippen LogP contribution in [0.3, 0.4) is 0 Å². The molecule has 1 spiro atoms. The van der Waals surface area contributed by atoms with Gasteiger partial charge in [0, 0.05) is 0 Å². The zero-order valence-electron chi connectivity index (χ0n) is 11.4. The first-order valence-electron chi connectivity index (χ1n) is 6.76. The first-order valence-corrected chi connectivity index (χ1v) is 11.4. The van der Waals surface area contributed by atoms with Gasteiger partial charge in [-0.05, 0) is 0 Å². The molecule has 1 atom stereocenters. The average molecular weight is 427 g/mol. The summed E-state index contributed by atoms with van der Waals surface area (Å²) in [5.41, 5.74) is 0. The molecule has 1 unspecified atom stereocenters. The van der Waals surface area contributed by atoms with Gasteiger partial charge in [0.2, 0.25) is 0 Å². The van der Waals surface area contributed by atoms with Crippen LogP contribution in [0, 0.1) is 3.57 Å². The second kappa shape index (κ2) is 6.09. The molecule has 0 aromatic heterocycles. The summed E-state index contributed by atoms with van der Waals surface area (Å²) < 4.78 is 39.9. The van der Waals surface area contributed by atoms with E-state index in [2.05, 4.69) is 0 Å². The third-order valence-electron chi connectivity index (χ3n) is 3.46. The van der Waals surface area contributed by atoms with E-state index in [1.807, 2.05) is 30.3 Å². The standard InChI is InChI=1S/C13H18INO5S/c15-21(16,17)18-10-12-14(11-6-2-1-3-7-11)20-13(19-12)8-4-5-9-13/h1-3,6-7,12H,4-5,8-10H2,(H2,15,16,17). The minimum absolute atomic E-state index is 0.0691. The van der Waals surface area contributed by atoms with Crippen molar-refractivity contribution in [2.75, 3.05) is 6.61 Å². The monoisotopic (exact) mass is 427 g/mol. The van der Waals surface area contributed by atoms with E-state index in [0.717, 1.165) is 29.3 Å². The number of alkyl halides is 1. The van der Waals surface area contributed by atoms with Crippen LogP contribution in [0.4, 0.5) is 0 Å². The zero-order chi connectivity index (χ0) is 14.9. The van der Waals surface area contributed by atoms with Crippen LogP contribution in [-0.2, 0) is 22.3 Å². The molecular formula is C13H18INO5S. The van der Waals surface area contributed by atoms with Gasteiger partial charge in [0.05, 0.1) is 0 Å². The fourth-order valence-corrected chi connectivity index (χ4v) is 8.20. The van der Waals surface area contributed by atoms with Crippen molar-refractivity contribution in [1.82, 2.24) is 0 Å². The van der Waals surface area contributed by atoms with E-state index in [1.54, 1.807) is 0 Å². The number of hydrogen-bond donors (Lipinski definition) is 1. The molecule has 1 saturated heterocycles. The summed E-state index contributed by atoms with van der Waals surface area (Å²) in [7, 11) is -3.96. The first-order chi connectivity index (χ1) is 9.98. The van der Waals surface area contributed by atoms with Gasteiger partial charge in [-0.2, -0.15) is 0 Å². The number of nitrogens with two attached hydrogens (primary N) is 1. The molecule has 6 nitrogen and oxygen atoms in total. The molecule has 3 rings (SSSR count). The number of ether oxygens (including phenoxy) is 1. The van der Waals surface area contributed by atoms with Gasteiger partial charge in [-0.25, -0.2) is 0 Å². The molecule has 0 amide bonds. The Morgan fingerprint density at radius 3 is 2.57 bits per heavy atom. The normalized spacial score (nSPS) is 26.5. The van der Waals surface area contributed by atoms with Gasteiger partial charge in [0.1, 0.15) is 0 Å². The maximum atomic E-state index is 11.0. The molecule has 0 radical (unpaired) electrons. The van der Waals surface area contributed by atoms with E-state index in [4.69, 9.17) is 17.1 Å². The molecule has 2 fully saturated rings. The van der Waals surface area contributed by atoms with Crippen molar-refractivity contribution in [1.29, 1.82) is 0 Å². The Morgan fingerprint density at radius 2 is 1.95 bits per heavy atom. The first kappa shape index (κ1) is 15.6. The van der Waals surface area contributed by atoms with Crippen LogP contribution in [0.15, 0.2) is 30.3 Å². The van der Waals surface area contributed by atoms with Crippen molar-refractivity contribution in [2.24, 2.45) is 5.14 Å². The molecule has 118 valence electrons. The topological polar surface area (TPSA) is 87.9 Å². The van der Waals surface area contributed by atoms with Gasteiger partial charge < -0.3 is 0 Å². The molecule has 8 heteroatoms. The van der Waals surface area contributed by atoms with Crippen molar-refractivity contribution in [3.05, 3.63) is 33.9 Å². The second-order valence-corrected chi connectivity index (χ2v) is 10.9. The summed E-state index contributed by atoms with van der Waals surface area (Å²) >= 11 is -2.13. The molecule has 1 aliphatic heterocycles. The summed E-state index contributed by atoms with van der Waals surface area (Å²) in [6, 6.07) is 9.86. The average Bonchev–Trinajstić information content (AvgIpc) is 3.05. The van der Waals surface area contributed by atoms with Crippen LogP contribution in [0.5, 0.6) is 0 Å². The summed E-state index contributed by atoms with van der Waals surface area (Å²) in [6.45, 7) is -0.0691. The maximum absolute atomic E-state index is 11.0. The van der Waals surface area contributed by atoms with Crippen molar-refractivity contribution >= 4 is 30.5 Å². The van der Waals surface area contributed by atoms with Gasteiger partial charge in [-0.1, -0.05) is 0 Å². The van der Waals surface area contributed by atoms with Gasteiger partial charge >= 0.3 is 132 Å². The SMILES string of the molecule is NS(=O)(=O)OCC1OC2(CCCC2)OI1c1ccccc1. The van der Waals surface area contributed by atoms with Crippen molar-refractivity contribution in [3.63, 3.8) is 0 Å². The Bertz CT molecular complexity index is 588. The Morgan fingerprint density at radius 1 is 1.29 bits per heavy atom. The second-order valence-electron chi connectivity index (χ2n) is 5.07. The fraction of sp³-hybridized carbons (Fsp3) is 0.538. The van der Waals surface area contributed by atoms with Crippen LogP contribution >= 0.6 is 20.2 Å². The Labute approximate surface area is 132 Å². The summed E-state index contributed by atoms with van der Waals surface area (Å²) in [5.74, 6) is -0.535. The molecule has 2 aliphatic rings. The van der Waals surface area contributed by atoms with Gasteiger partial charge in [0.25, 0.3) is 0 Å². The molecular weight excluding hydrogens is 409 g/mol. The Balaban J connectivity index is 1.80. The Kier molecular flexibility index (Phi) is 4.53. The molecule has 1 heterocycles. The molecule has 0 bridgehead atoms. The summed E-state index contributed by atoms with van der Waals surface area (Å²) in [4.78, 5) is 0. The van der Waals surface area contributed by atoms with Crippen LogP contribution in [0.2, 0.25) is 0 Å². The number of rotatable bonds is 4. The third kappa shape index (κ3) is 3.74. The van der Waals surface area contributed by atoms with Crippen molar-refractivity contribution < 1.29 is 20.4 Å². The number of benzene rings is 1. The number of halogens is 1. The molecule has 1 aromatic rings. The van der Waals surface area contributed by atoms with Crippen molar-refractivity contribution in [3.8, 4) is 0 Å². The predicted molar refractivity (Wildman–Crippen MR) is 85.4 cm³/mol. The van der Waals surface area contributed by atoms with Crippen LogP contribution in [0.25, 0.3) is 0 Å². The zero-order valence-corrected chi connectivity index (χ0v) is 14.4. The summed E-state index contributed by atoms with van der Waals surface area (Å²) in [6.07, 6.45) is 3.86. The Hall–Kier alpha value is -0.260.